The maximum atomic E-state index is 10.7. The second kappa shape index (κ2) is 5.75. The average molecular weight is 225 g/mol. The molecule has 1 heterocycles. The van der Waals surface area contributed by atoms with E-state index in [0.29, 0.717) is 10.8 Å². The molecular weight excluding hydrogens is 210 g/mol. The zero-order valence-corrected chi connectivity index (χ0v) is 9.75. The summed E-state index contributed by atoms with van der Waals surface area (Å²) in [5, 5.41) is 10.1. The summed E-state index contributed by atoms with van der Waals surface area (Å²) in [5.74, 6) is -0.899. The highest BCUT2D eigenvalue weighted by atomic mass is 32.2. The van der Waals surface area contributed by atoms with Crippen molar-refractivity contribution in [3.05, 3.63) is 23.9 Å². The summed E-state index contributed by atoms with van der Waals surface area (Å²) in [6.07, 6.45) is 3.69. The van der Waals surface area contributed by atoms with Crippen LogP contribution in [0, 0.1) is 0 Å². The topological polar surface area (TPSA) is 50.2 Å². The van der Waals surface area contributed by atoms with Crippen LogP contribution < -0.4 is 0 Å². The highest BCUT2D eigenvalue weighted by Crippen LogP contribution is 2.25. The highest BCUT2D eigenvalue weighted by molar-refractivity contribution is 7.99. The van der Waals surface area contributed by atoms with Crippen molar-refractivity contribution >= 4 is 17.7 Å². The van der Waals surface area contributed by atoms with Gasteiger partial charge in [-0.25, -0.2) is 9.78 Å². The summed E-state index contributed by atoms with van der Waals surface area (Å²) in [6.45, 7) is 4.25. The molecule has 0 aliphatic carbocycles. The fourth-order valence-electron chi connectivity index (χ4n) is 1.23. The van der Waals surface area contributed by atoms with Gasteiger partial charge >= 0.3 is 5.97 Å². The number of nitrogens with zero attached hydrogens (tertiary/aromatic N) is 1. The molecule has 1 N–H and O–H groups in total. The Morgan fingerprint density at radius 2 is 2.20 bits per heavy atom. The van der Waals surface area contributed by atoms with E-state index >= 15 is 0 Å². The van der Waals surface area contributed by atoms with Crippen molar-refractivity contribution in [3.63, 3.8) is 0 Å². The van der Waals surface area contributed by atoms with E-state index in [9.17, 15) is 4.79 Å². The van der Waals surface area contributed by atoms with Crippen LogP contribution in [0.5, 0.6) is 0 Å². The van der Waals surface area contributed by atoms with Gasteiger partial charge in [0.15, 0.2) is 0 Å². The van der Waals surface area contributed by atoms with Crippen molar-refractivity contribution in [3.8, 4) is 0 Å². The van der Waals surface area contributed by atoms with E-state index in [1.165, 1.54) is 6.07 Å². The molecule has 0 saturated heterocycles. The molecule has 0 atom stereocenters. The molecule has 1 aromatic heterocycles. The third kappa shape index (κ3) is 3.55. The first kappa shape index (κ1) is 12.0. The first-order chi connectivity index (χ1) is 7.17. The monoisotopic (exact) mass is 225 g/mol. The second-order valence-corrected chi connectivity index (χ2v) is 4.56. The number of aromatic carboxylic acids is 1. The van der Waals surface area contributed by atoms with Crippen molar-refractivity contribution in [1.82, 2.24) is 4.98 Å². The number of carboxylic acids is 1. The number of hydrogen-bond acceptors (Lipinski definition) is 3. The van der Waals surface area contributed by atoms with E-state index in [1.807, 2.05) is 0 Å². The van der Waals surface area contributed by atoms with E-state index < -0.39 is 5.97 Å². The number of rotatable bonds is 5. The Bertz CT molecular complexity index is 337. The molecule has 0 spiro atoms. The van der Waals surface area contributed by atoms with Crippen molar-refractivity contribution < 1.29 is 9.90 Å². The van der Waals surface area contributed by atoms with Gasteiger partial charge in [-0.05, 0) is 25.0 Å². The molecule has 15 heavy (non-hydrogen) atoms. The third-order valence-electron chi connectivity index (χ3n) is 2.18. The average Bonchev–Trinajstić information content (AvgIpc) is 2.26. The Hall–Kier alpha value is -1.03. The van der Waals surface area contributed by atoms with Crippen LogP contribution in [0.3, 0.4) is 0 Å². The normalized spacial score (nSPS) is 10.6. The molecule has 0 saturated carbocycles. The van der Waals surface area contributed by atoms with Gasteiger partial charge in [0.05, 0.1) is 10.6 Å². The lowest BCUT2D eigenvalue weighted by Gasteiger charge is -2.10. The summed E-state index contributed by atoms with van der Waals surface area (Å²) in [5.41, 5.74) is 0.304. The Labute approximate surface area is 93.9 Å². The summed E-state index contributed by atoms with van der Waals surface area (Å²) in [6, 6.07) is 3.14. The van der Waals surface area contributed by atoms with Gasteiger partial charge in [-0.1, -0.05) is 13.8 Å². The Morgan fingerprint density at radius 3 is 2.73 bits per heavy atom. The third-order valence-corrected chi connectivity index (χ3v) is 3.64. The molecule has 0 radical (unpaired) electrons. The first-order valence-corrected chi connectivity index (χ1v) is 5.91. The van der Waals surface area contributed by atoms with Gasteiger partial charge in [0.25, 0.3) is 0 Å². The summed E-state index contributed by atoms with van der Waals surface area (Å²) >= 11 is 1.65. The molecule has 0 amide bonds. The predicted molar refractivity (Wildman–Crippen MR) is 61.4 cm³/mol. The van der Waals surface area contributed by atoms with Crippen LogP contribution in [0.2, 0.25) is 0 Å². The maximum absolute atomic E-state index is 10.7. The minimum absolute atomic E-state index is 0.304. The molecule has 0 aliphatic heterocycles. The molecule has 0 bridgehead atoms. The Balaban J connectivity index is 2.77. The number of hydrogen-bond donors (Lipinski definition) is 1. The fraction of sp³-hybridized carbons (Fsp3) is 0.455. The van der Waals surface area contributed by atoms with Crippen LogP contribution in [-0.2, 0) is 0 Å². The molecule has 0 fully saturated rings. The Morgan fingerprint density at radius 1 is 1.53 bits per heavy atom. The zero-order chi connectivity index (χ0) is 11.3. The lowest BCUT2D eigenvalue weighted by molar-refractivity contribution is 0.0696. The van der Waals surface area contributed by atoms with Crippen LogP contribution >= 0.6 is 11.8 Å². The predicted octanol–water partition coefficient (Wildman–Crippen LogP) is 3.06. The molecule has 0 aromatic carbocycles. The summed E-state index contributed by atoms with van der Waals surface area (Å²) in [7, 11) is 0. The van der Waals surface area contributed by atoms with Gasteiger partial charge < -0.3 is 5.11 Å². The van der Waals surface area contributed by atoms with Crippen molar-refractivity contribution in [2.75, 3.05) is 0 Å². The molecule has 1 aromatic rings. The van der Waals surface area contributed by atoms with Crippen LogP contribution in [-0.4, -0.2) is 21.3 Å². The number of carbonyl (C=O) groups is 1. The van der Waals surface area contributed by atoms with Gasteiger partial charge in [0.1, 0.15) is 0 Å². The van der Waals surface area contributed by atoms with E-state index in [4.69, 9.17) is 5.11 Å². The number of pyridine rings is 1. The SMILES string of the molecule is CCC(CC)Sc1cc(C(=O)O)ccn1. The zero-order valence-electron chi connectivity index (χ0n) is 8.93. The van der Waals surface area contributed by atoms with Crippen LogP contribution in [0.4, 0.5) is 0 Å². The molecule has 3 nitrogen and oxygen atoms in total. The lowest BCUT2D eigenvalue weighted by atomic mass is 10.3. The van der Waals surface area contributed by atoms with E-state index in [1.54, 1.807) is 24.0 Å². The Kier molecular flexibility index (Phi) is 4.62. The lowest BCUT2D eigenvalue weighted by Crippen LogP contribution is -2.01. The number of thioether (sulfide) groups is 1. The van der Waals surface area contributed by atoms with Crippen LogP contribution in [0.1, 0.15) is 37.0 Å². The van der Waals surface area contributed by atoms with Gasteiger partial charge in [-0.3, -0.25) is 0 Å². The smallest absolute Gasteiger partial charge is 0.335 e. The standard InChI is InChI=1S/C11H15NO2S/c1-3-9(4-2)15-10-7-8(11(13)14)5-6-12-10/h5-7,9H,3-4H2,1-2H3,(H,13,14). The highest BCUT2D eigenvalue weighted by Gasteiger charge is 2.09. The second-order valence-electron chi connectivity index (χ2n) is 3.24. The largest absolute Gasteiger partial charge is 0.478 e. The summed E-state index contributed by atoms with van der Waals surface area (Å²) in [4.78, 5) is 14.9. The number of aromatic nitrogens is 1. The number of carboxylic acid groups (broad SMARTS) is 1. The van der Waals surface area contributed by atoms with Gasteiger partial charge in [-0.15, -0.1) is 11.8 Å². The maximum Gasteiger partial charge on any atom is 0.335 e. The van der Waals surface area contributed by atoms with Gasteiger partial charge in [0, 0.05) is 11.4 Å². The molecule has 0 unspecified atom stereocenters. The molecular formula is C11H15NO2S. The van der Waals surface area contributed by atoms with Crippen molar-refractivity contribution in [2.45, 2.75) is 37.0 Å². The van der Waals surface area contributed by atoms with Crippen LogP contribution in [0.25, 0.3) is 0 Å². The summed E-state index contributed by atoms with van der Waals surface area (Å²) < 4.78 is 0. The van der Waals surface area contributed by atoms with Crippen molar-refractivity contribution in [2.24, 2.45) is 0 Å². The molecule has 4 heteroatoms. The van der Waals surface area contributed by atoms with Crippen molar-refractivity contribution in [1.29, 1.82) is 0 Å². The van der Waals surface area contributed by atoms with E-state index in [2.05, 4.69) is 18.8 Å². The minimum atomic E-state index is -0.899. The molecule has 82 valence electrons. The molecule has 1 rings (SSSR count). The van der Waals surface area contributed by atoms with E-state index in [-0.39, 0.29) is 0 Å². The quantitative estimate of drug-likeness (QED) is 0.782. The first-order valence-electron chi connectivity index (χ1n) is 5.03. The fourth-order valence-corrected chi connectivity index (χ4v) is 2.22. The minimum Gasteiger partial charge on any atom is -0.478 e. The molecule has 0 aliphatic rings. The van der Waals surface area contributed by atoms with Gasteiger partial charge in [-0.2, -0.15) is 0 Å². The van der Waals surface area contributed by atoms with Crippen LogP contribution in [0.15, 0.2) is 23.4 Å². The van der Waals surface area contributed by atoms with E-state index in [0.717, 1.165) is 17.9 Å². The van der Waals surface area contributed by atoms with Gasteiger partial charge in [0.2, 0.25) is 0 Å².